The Hall–Kier alpha value is -0.120. The monoisotopic (exact) mass is 217 g/mol. The number of likely N-dealkylation sites (tertiary alicyclic amines) is 1. The molecule has 0 N–H and O–H groups in total. The van der Waals surface area contributed by atoms with Crippen LogP contribution < -0.4 is 0 Å². The first-order valence-electron chi connectivity index (χ1n) is 6.22. The van der Waals surface area contributed by atoms with E-state index in [-0.39, 0.29) is 0 Å². The summed E-state index contributed by atoms with van der Waals surface area (Å²) in [5, 5.41) is 0. The van der Waals surface area contributed by atoms with E-state index in [9.17, 15) is 0 Å². The number of piperidine rings is 1. The molecular weight excluding hydrogens is 190 g/mol. The SMILES string of the molecule is CC.COCCOCCN1CCCCC1. The van der Waals surface area contributed by atoms with E-state index in [2.05, 4.69) is 4.90 Å². The molecule has 0 saturated carbocycles. The van der Waals surface area contributed by atoms with Crippen LogP contribution in [0.3, 0.4) is 0 Å². The van der Waals surface area contributed by atoms with Crippen molar-refractivity contribution < 1.29 is 9.47 Å². The zero-order valence-corrected chi connectivity index (χ0v) is 10.6. The van der Waals surface area contributed by atoms with Gasteiger partial charge in [-0.3, -0.25) is 0 Å². The molecule has 1 saturated heterocycles. The molecule has 3 nitrogen and oxygen atoms in total. The number of ether oxygens (including phenoxy) is 2. The Morgan fingerprint density at radius 3 is 2.20 bits per heavy atom. The van der Waals surface area contributed by atoms with Gasteiger partial charge in [0.1, 0.15) is 0 Å². The molecule has 1 aliphatic heterocycles. The fraction of sp³-hybridized carbons (Fsp3) is 1.00. The highest BCUT2D eigenvalue weighted by atomic mass is 16.5. The highest BCUT2D eigenvalue weighted by Gasteiger charge is 2.08. The van der Waals surface area contributed by atoms with Crippen molar-refractivity contribution >= 4 is 0 Å². The molecule has 92 valence electrons. The third kappa shape index (κ3) is 8.85. The van der Waals surface area contributed by atoms with Gasteiger partial charge in [0, 0.05) is 13.7 Å². The minimum absolute atomic E-state index is 0.708. The molecule has 3 heteroatoms. The quantitative estimate of drug-likeness (QED) is 0.636. The predicted octanol–water partition coefficient (Wildman–Crippen LogP) is 2.16. The molecule has 0 aromatic rings. The molecule has 1 rings (SSSR count). The Kier molecular flexibility index (Phi) is 11.9. The van der Waals surface area contributed by atoms with Crippen LogP contribution in [0.1, 0.15) is 33.1 Å². The summed E-state index contributed by atoms with van der Waals surface area (Å²) in [6, 6.07) is 0. The maximum Gasteiger partial charge on any atom is 0.0700 e. The average Bonchev–Trinajstić information content (AvgIpc) is 2.33. The predicted molar refractivity (Wildman–Crippen MR) is 64.3 cm³/mol. The summed E-state index contributed by atoms with van der Waals surface area (Å²) < 4.78 is 10.3. The van der Waals surface area contributed by atoms with Crippen LogP contribution >= 0.6 is 0 Å². The lowest BCUT2D eigenvalue weighted by molar-refractivity contribution is 0.0542. The van der Waals surface area contributed by atoms with Gasteiger partial charge >= 0.3 is 0 Å². The van der Waals surface area contributed by atoms with Crippen molar-refractivity contribution in [2.75, 3.05) is 46.6 Å². The summed E-state index contributed by atoms with van der Waals surface area (Å²) in [5.74, 6) is 0. The number of rotatable bonds is 6. The lowest BCUT2D eigenvalue weighted by Gasteiger charge is -2.26. The zero-order valence-electron chi connectivity index (χ0n) is 10.6. The Morgan fingerprint density at radius 1 is 0.933 bits per heavy atom. The molecule has 0 bridgehead atoms. The third-order valence-electron chi connectivity index (χ3n) is 2.43. The summed E-state index contributed by atoms with van der Waals surface area (Å²) in [6.07, 6.45) is 4.12. The Morgan fingerprint density at radius 2 is 1.60 bits per heavy atom. The van der Waals surface area contributed by atoms with Crippen molar-refractivity contribution in [2.24, 2.45) is 0 Å². The zero-order chi connectivity index (χ0) is 11.4. The van der Waals surface area contributed by atoms with Gasteiger partial charge in [0.15, 0.2) is 0 Å². The first-order chi connectivity index (χ1) is 7.43. The lowest BCUT2D eigenvalue weighted by Crippen LogP contribution is -2.32. The highest BCUT2D eigenvalue weighted by molar-refractivity contribution is 4.63. The van der Waals surface area contributed by atoms with Gasteiger partial charge in [-0.05, 0) is 25.9 Å². The highest BCUT2D eigenvalue weighted by Crippen LogP contribution is 2.07. The second-order valence-electron chi connectivity index (χ2n) is 3.51. The molecular formula is C12H27NO2. The molecule has 0 radical (unpaired) electrons. The summed E-state index contributed by atoms with van der Waals surface area (Å²) in [4.78, 5) is 2.48. The number of hydrogen-bond donors (Lipinski definition) is 0. The van der Waals surface area contributed by atoms with Crippen LogP contribution in [0.15, 0.2) is 0 Å². The van der Waals surface area contributed by atoms with Crippen molar-refractivity contribution in [3.63, 3.8) is 0 Å². The van der Waals surface area contributed by atoms with Crippen LogP contribution in [-0.4, -0.2) is 51.5 Å². The molecule has 0 aliphatic carbocycles. The largest absolute Gasteiger partial charge is 0.382 e. The van der Waals surface area contributed by atoms with Gasteiger partial charge in [0.25, 0.3) is 0 Å². The second-order valence-corrected chi connectivity index (χ2v) is 3.51. The number of nitrogens with zero attached hydrogens (tertiary/aromatic N) is 1. The first-order valence-corrected chi connectivity index (χ1v) is 6.22. The van der Waals surface area contributed by atoms with E-state index in [1.54, 1.807) is 7.11 Å². The van der Waals surface area contributed by atoms with E-state index >= 15 is 0 Å². The maximum atomic E-state index is 5.41. The van der Waals surface area contributed by atoms with E-state index in [0.29, 0.717) is 6.61 Å². The molecule has 1 aliphatic rings. The van der Waals surface area contributed by atoms with Crippen molar-refractivity contribution in [3.8, 4) is 0 Å². The van der Waals surface area contributed by atoms with E-state index < -0.39 is 0 Å². The summed E-state index contributed by atoms with van der Waals surface area (Å²) >= 11 is 0. The average molecular weight is 217 g/mol. The van der Waals surface area contributed by atoms with E-state index in [1.165, 1.54) is 32.4 Å². The topological polar surface area (TPSA) is 21.7 Å². The minimum atomic E-state index is 0.708. The van der Waals surface area contributed by atoms with Crippen LogP contribution in [0.5, 0.6) is 0 Å². The Labute approximate surface area is 94.7 Å². The van der Waals surface area contributed by atoms with Crippen molar-refractivity contribution in [2.45, 2.75) is 33.1 Å². The molecule has 0 aromatic carbocycles. The van der Waals surface area contributed by atoms with Gasteiger partial charge in [0.2, 0.25) is 0 Å². The van der Waals surface area contributed by atoms with Gasteiger partial charge in [-0.2, -0.15) is 0 Å². The van der Waals surface area contributed by atoms with Crippen LogP contribution in [-0.2, 0) is 9.47 Å². The minimum Gasteiger partial charge on any atom is -0.382 e. The summed E-state index contributed by atoms with van der Waals surface area (Å²) in [7, 11) is 1.70. The molecule has 15 heavy (non-hydrogen) atoms. The van der Waals surface area contributed by atoms with E-state index in [1.807, 2.05) is 13.8 Å². The van der Waals surface area contributed by atoms with Gasteiger partial charge in [0.05, 0.1) is 19.8 Å². The fourth-order valence-corrected chi connectivity index (χ4v) is 1.62. The Balaban J connectivity index is 0.000000921. The van der Waals surface area contributed by atoms with Crippen LogP contribution in [0.2, 0.25) is 0 Å². The van der Waals surface area contributed by atoms with Gasteiger partial charge in [-0.25, -0.2) is 0 Å². The van der Waals surface area contributed by atoms with E-state index in [4.69, 9.17) is 9.47 Å². The van der Waals surface area contributed by atoms with Crippen LogP contribution in [0.4, 0.5) is 0 Å². The van der Waals surface area contributed by atoms with Crippen molar-refractivity contribution in [1.82, 2.24) is 4.90 Å². The Bertz CT molecular complexity index is 114. The molecule has 1 heterocycles. The van der Waals surface area contributed by atoms with Crippen LogP contribution in [0, 0.1) is 0 Å². The van der Waals surface area contributed by atoms with Gasteiger partial charge in [-0.15, -0.1) is 0 Å². The standard InChI is InChI=1S/C10H21NO2.C2H6/c1-12-9-10-13-8-7-11-5-3-2-4-6-11;1-2/h2-10H2,1H3;1-2H3. The number of hydrogen-bond acceptors (Lipinski definition) is 3. The van der Waals surface area contributed by atoms with Gasteiger partial charge in [-0.1, -0.05) is 20.3 Å². The molecule has 0 spiro atoms. The molecule has 0 amide bonds. The van der Waals surface area contributed by atoms with Crippen LogP contribution in [0.25, 0.3) is 0 Å². The fourth-order valence-electron chi connectivity index (χ4n) is 1.62. The van der Waals surface area contributed by atoms with Crippen molar-refractivity contribution in [1.29, 1.82) is 0 Å². The van der Waals surface area contributed by atoms with Gasteiger partial charge < -0.3 is 14.4 Å². The molecule has 0 atom stereocenters. The maximum absolute atomic E-state index is 5.41. The molecule has 0 unspecified atom stereocenters. The summed E-state index contributed by atoms with van der Waals surface area (Å²) in [6.45, 7) is 9.89. The number of methoxy groups -OCH3 is 1. The smallest absolute Gasteiger partial charge is 0.0700 e. The molecule has 0 aromatic heterocycles. The third-order valence-corrected chi connectivity index (χ3v) is 2.43. The summed E-state index contributed by atoms with van der Waals surface area (Å²) in [5.41, 5.74) is 0. The van der Waals surface area contributed by atoms with E-state index in [0.717, 1.165) is 19.8 Å². The molecule has 1 fully saturated rings. The second kappa shape index (κ2) is 12.0. The lowest BCUT2D eigenvalue weighted by atomic mass is 10.1. The normalized spacial score (nSPS) is 17.0. The van der Waals surface area contributed by atoms with Crippen molar-refractivity contribution in [3.05, 3.63) is 0 Å². The first kappa shape index (κ1) is 14.9.